The molecule has 0 aliphatic carbocycles. The minimum absolute atomic E-state index is 0.0593. The number of hydrogen-bond donors (Lipinski definition) is 2. The second kappa shape index (κ2) is 4.25. The van der Waals surface area contributed by atoms with Crippen LogP contribution in [0.4, 0.5) is 0 Å². The number of phenolic OH excluding ortho intramolecular Hbond substituents is 1. The second-order valence-electron chi connectivity index (χ2n) is 4.35. The van der Waals surface area contributed by atoms with E-state index in [2.05, 4.69) is 0 Å². The van der Waals surface area contributed by atoms with Crippen molar-refractivity contribution in [3.8, 4) is 17.2 Å². The third kappa shape index (κ3) is 1.68. The summed E-state index contributed by atoms with van der Waals surface area (Å²) in [6, 6.07) is 4.44. The maximum atomic E-state index is 12.1. The van der Waals surface area contributed by atoms with Crippen molar-refractivity contribution in [2.24, 2.45) is 0 Å². The highest BCUT2D eigenvalue weighted by Gasteiger charge is 2.18. The lowest BCUT2D eigenvalue weighted by Crippen LogP contribution is -2.22. The third-order valence-electron chi connectivity index (χ3n) is 2.84. The molecule has 2 rings (SSSR count). The first kappa shape index (κ1) is 12.3. The van der Waals surface area contributed by atoms with Gasteiger partial charge in [-0.3, -0.25) is 4.79 Å². The summed E-state index contributed by atoms with van der Waals surface area (Å²) in [6.07, 6.45) is 0. The van der Waals surface area contributed by atoms with Gasteiger partial charge in [-0.05, 0) is 26.0 Å². The molecule has 0 unspecified atom stereocenters. The van der Waals surface area contributed by atoms with Crippen molar-refractivity contribution < 1.29 is 14.9 Å². The van der Waals surface area contributed by atoms with Gasteiger partial charge < -0.3 is 19.5 Å². The number of methoxy groups -OCH3 is 1. The van der Waals surface area contributed by atoms with Crippen molar-refractivity contribution in [2.45, 2.75) is 19.9 Å². The molecule has 96 valence electrons. The van der Waals surface area contributed by atoms with Gasteiger partial charge in [-0.15, -0.1) is 0 Å². The molecule has 0 spiro atoms. The molecule has 1 aromatic heterocycles. The van der Waals surface area contributed by atoms with Crippen LogP contribution in [0.2, 0.25) is 0 Å². The highest BCUT2D eigenvalue weighted by atomic mass is 16.5. The molecular formula is C13H15NO4. The molecule has 0 saturated carbocycles. The number of fused-ring (bicyclic) bond motifs is 1. The molecule has 1 heterocycles. The van der Waals surface area contributed by atoms with E-state index in [0.717, 1.165) is 0 Å². The van der Waals surface area contributed by atoms with Gasteiger partial charge >= 0.3 is 0 Å². The molecule has 1 aromatic carbocycles. The predicted octanol–water partition coefficient (Wildman–Crippen LogP) is 2.00. The quantitative estimate of drug-likeness (QED) is 0.854. The lowest BCUT2D eigenvalue weighted by molar-refractivity contribution is 0.369. The van der Waals surface area contributed by atoms with Crippen LogP contribution in [-0.2, 0) is 0 Å². The smallest absolute Gasteiger partial charge is 0.297 e. The summed E-state index contributed by atoms with van der Waals surface area (Å²) < 4.78 is 6.49. The summed E-state index contributed by atoms with van der Waals surface area (Å²) in [5.74, 6) is -0.222. The van der Waals surface area contributed by atoms with E-state index in [1.165, 1.54) is 23.8 Å². The van der Waals surface area contributed by atoms with Gasteiger partial charge in [0.2, 0.25) is 5.75 Å². The fraction of sp³-hybridized carbons (Fsp3) is 0.308. The van der Waals surface area contributed by atoms with Crippen molar-refractivity contribution in [1.82, 2.24) is 4.57 Å². The highest BCUT2D eigenvalue weighted by Crippen LogP contribution is 2.34. The first-order chi connectivity index (χ1) is 8.47. The molecule has 0 fully saturated rings. The lowest BCUT2D eigenvalue weighted by Gasteiger charge is -2.17. The Bertz CT molecular complexity index is 658. The zero-order chi connectivity index (χ0) is 13.4. The summed E-state index contributed by atoms with van der Waals surface area (Å²) in [5.41, 5.74) is 0.00426. The number of hydrogen-bond acceptors (Lipinski definition) is 4. The Balaban J connectivity index is 3.04. The standard InChI is InChI=1S/C13H15NO4/c1-7(2)14-10-6-8(15)4-5-9(10)12(18-3)11(16)13(14)17/h4-7,15-16H,1-3H3. The number of aromatic nitrogens is 1. The molecule has 0 atom stereocenters. The van der Waals surface area contributed by atoms with E-state index in [-0.39, 0.29) is 17.5 Å². The number of aromatic hydroxyl groups is 2. The maximum absolute atomic E-state index is 12.1. The topological polar surface area (TPSA) is 71.7 Å². The predicted molar refractivity (Wildman–Crippen MR) is 68.5 cm³/mol. The zero-order valence-electron chi connectivity index (χ0n) is 10.5. The van der Waals surface area contributed by atoms with E-state index in [1.807, 2.05) is 13.8 Å². The van der Waals surface area contributed by atoms with Crippen LogP contribution in [0.5, 0.6) is 17.2 Å². The largest absolute Gasteiger partial charge is 0.508 e. The number of nitrogens with zero attached hydrogens (tertiary/aromatic N) is 1. The van der Waals surface area contributed by atoms with Gasteiger partial charge in [-0.1, -0.05) is 0 Å². The molecule has 0 amide bonds. The minimum atomic E-state index is -0.528. The van der Waals surface area contributed by atoms with E-state index in [1.54, 1.807) is 6.07 Å². The van der Waals surface area contributed by atoms with Crippen LogP contribution in [0.15, 0.2) is 23.0 Å². The summed E-state index contributed by atoms with van der Waals surface area (Å²) >= 11 is 0. The zero-order valence-corrected chi connectivity index (χ0v) is 10.5. The number of ether oxygens (including phenoxy) is 1. The van der Waals surface area contributed by atoms with Gasteiger partial charge in [0.25, 0.3) is 5.56 Å². The molecule has 2 aromatic rings. The van der Waals surface area contributed by atoms with Gasteiger partial charge in [-0.2, -0.15) is 0 Å². The van der Waals surface area contributed by atoms with Crippen LogP contribution in [0.1, 0.15) is 19.9 Å². The Morgan fingerprint density at radius 1 is 1.28 bits per heavy atom. The molecule has 0 saturated heterocycles. The molecular weight excluding hydrogens is 234 g/mol. The van der Waals surface area contributed by atoms with Crippen LogP contribution in [0.3, 0.4) is 0 Å². The van der Waals surface area contributed by atoms with Crippen LogP contribution < -0.4 is 10.3 Å². The van der Waals surface area contributed by atoms with E-state index in [9.17, 15) is 15.0 Å². The average molecular weight is 249 g/mol. The SMILES string of the molecule is COc1c(O)c(=O)n(C(C)C)c2cc(O)ccc12. The van der Waals surface area contributed by atoms with E-state index in [0.29, 0.717) is 10.9 Å². The van der Waals surface area contributed by atoms with Crippen molar-refractivity contribution in [2.75, 3.05) is 7.11 Å². The summed E-state index contributed by atoms with van der Waals surface area (Å²) in [5, 5.41) is 20.0. The van der Waals surface area contributed by atoms with Crippen molar-refractivity contribution in [1.29, 1.82) is 0 Å². The van der Waals surface area contributed by atoms with Crippen molar-refractivity contribution in [3.05, 3.63) is 28.6 Å². The Labute approximate surface area is 104 Å². The monoisotopic (exact) mass is 249 g/mol. The Morgan fingerprint density at radius 3 is 2.50 bits per heavy atom. The van der Waals surface area contributed by atoms with E-state index in [4.69, 9.17) is 4.74 Å². The van der Waals surface area contributed by atoms with Crippen LogP contribution in [0, 0.1) is 0 Å². The van der Waals surface area contributed by atoms with Crippen LogP contribution >= 0.6 is 0 Å². The summed E-state index contributed by atoms with van der Waals surface area (Å²) in [4.78, 5) is 12.1. The molecule has 0 bridgehead atoms. The number of phenols is 1. The van der Waals surface area contributed by atoms with Gasteiger partial charge in [-0.25, -0.2) is 0 Å². The van der Waals surface area contributed by atoms with Crippen LogP contribution in [-0.4, -0.2) is 21.9 Å². The van der Waals surface area contributed by atoms with E-state index >= 15 is 0 Å². The van der Waals surface area contributed by atoms with Crippen LogP contribution in [0.25, 0.3) is 10.9 Å². The van der Waals surface area contributed by atoms with Crippen molar-refractivity contribution >= 4 is 10.9 Å². The second-order valence-corrected chi connectivity index (χ2v) is 4.35. The number of rotatable bonds is 2. The molecule has 2 N–H and O–H groups in total. The number of pyridine rings is 1. The normalized spacial score (nSPS) is 11.1. The Morgan fingerprint density at radius 2 is 1.94 bits per heavy atom. The fourth-order valence-electron chi connectivity index (χ4n) is 2.08. The average Bonchev–Trinajstić information content (AvgIpc) is 2.31. The van der Waals surface area contributed by atoms with Crippen molar-refractivity contribution in [3.63, 3.8) is 0 Å². The van der Waals surface area contributed by atoms with Gasteiger partial charge in [0.15, 0.2) is 5.75 Å². The van der Waals surface area contributed by atoms with E-state index < -0.39 is 11.3 Å². The van der Waals surface area contributed by atoms with Gasteiger partial charge in [0, 0.05) is 17.5 Å². The molecule has 0 aliphatic heterocycles. The highest BCUT2D eigenvalue weighted by molar-refractivity contribution is 5.88. The summed E-state index contributed by atoms with van der Waals surface area (Å²) in [6.45, 7) is 3.66. The number of benzene rings is 1. The molecule has 0 aliphatic rings. The molecule has 5 heteroatoms. The fourth-order valence-corrected chi connectivity index (χ4v) is 2.08. The third-order valence-corrected chi connectivity index (χ3v) is 2.84. The summed E-state index contributed by atoms with van der Waals surface area (Å²) in [7, 11) is 1.39. The van der Waals surface area contributed by atoms with Gasteiger partial charge in [0.1, 0.15) is 5.75 Å². The molecule has 5 nitrogen and oxygen atoms in total. The van der Waals surface area contributed by atoms with Gasteiger partial charge in [0.05, 0.1) is 12.6 Å². The maximum Gasteiger partial charge on any atom is 0.297 e. The Kier molecular flexibility index (Phi) is 2.90. The molecule has 18 heavy (non-hydrogen) atoms. The molecule has 0 radical (unpaired) electrons. The lowest BCUT2D eigenvalue weighted by atomic mass is 10.1. The minimum Gasteiger partial charge on any atom is -0.508 e. The Hall–Kier alpha value is -2.17. The first-order valence-corrected chi connectivity index (χ1v) is 5.61. The first-order valence-electron chi connectivity index (χ1n) is 5.61.